The Morgan fingerprint density at radius 1 is 1.53 bits per heavy atom. The lowest BCUT2D eigenvalue weighted by molar-refractivity contribution is -0.138. The van der Waals surface area contributed by atoms with Crippen LogP contribution in [0.1, 0.15) is 34.1 Å². The molecule has 6 heteroatoms. The standard InChI is InChI=1S/C13H20N2O4/c1-5-9(2)13(3,4)19-12(17)18-11(16)10-6-7-14-8-15-10/h6-7,9,15H,5,8H2,1-4H3. The first-order valence-electron chi connectivity index (χ1n) is 6.26. The van der Waals surface area contributed by atoms with Crippen molar-refractivity contribution in [3.63, 3.8) is 0 Å². The average molecular weight is 268 g/mol. The number of allylic oxidation sites excluding steroid dienone is 1. The quantitative estimate of drug-likeness (QED) is 0.623. The summed E-state index contributed by atoms with van der Waals surface area (Å²) < 4.78 is 9.81. The van der Waals surface area contributed by atoms with Gasteiger partial charge in [0.05, 0.1) is 0 Å². The van der Waals surface area contributed by atoms with E-state index in [9.17, 15) is 9.59 Å². The molecular weight excluding hydrogens is 248 g/mol. The van der Waals surface area contributed by atoms with Crippen LogP contribution in [0.5, 0.6) is 0 Å². The first kappa shape index (κ1) is 15.2. The van der Waals surface area contributed by atoms with Gasteiger partial charge in [-0.1, -0.05) is 13.8 Å². The van der Waals surface area contributed by atoms with Gasteiger partial charge in [-0.3, -0.25) is 4.99 Å². The molecule has 0 aliphatic carbocycles. The summed E-state index contributed by atoms with van der Waals surface area (Å²) in [6.45, 7) is 7.84. The summed E-state index contributed by atoms with van der Waals surface area (Å²) in [6, 6.07) is 0. The molecular formula is C13H20N2O4. The number of nitrogens with one attached hydrogen (secondary N) is 1. The van der Waals surface area contributed by atoms with Gasteiger partial charge in [0.2, 0.25) is 0 Å². The van der Waals surface area contributed by atoms with Crippen molar-refractivity contribution in [2.24, 2.45) is 10.9 Å². The number of esters is 1. The number of carbonyl (C=O) groups is 2. The van der Waals surface area contributed by atoms with E-state index in [4.69, 9.17) is 4.74 Å². The zero-order valence-corrected chi connectivity index (χ0v) is 11.7. The van der Waals surface area contributed by atoms with Gasteiger partial charge in [0.25, 0.3) is 0 Å². The Bertz CT molecular complexity index is 413. The van der Waals surface area contributed by atoms with Crippen molar-refractivity contribution in [3.8, 4) is 0 Å². The predicted octanol–water partition coefficient (Wildman–Crippen LogP) is 2.01. The lowest BCUT2D eigenvalue weighted by Crippen LogP contribution is -2.36. The molecule has 19 heavy (non-hydrogen) atoms. The van der Waals surface area contributed by atoms with E-state index in [2.05, 4.69) is 15.0 Å². The number of aliphatic imine (C=N–C) groups is 1. The van der Waals surface area contributed by atoms with Gasteiger partial charge in [0, 0.05) is 6.21 Å². The second-order valence-electron chi connectivity index (χ2n) is 4.90. The summed E-state index contributed by atoms with van der Waals surface area (Å²) in [5, 5.41) is 2.70. The Kier molecular flexibility index (Phi) is 5.09. The number of carbonyl (C=O) groups excluding carboxylic acids is 2. The molecule has 0 aromatic carbocycles. The van der Waals surface area contributed by atoms with Crippen LogP contribution in [0.15, 0.2) is 16.8 Å². The highest BCUT2D eigenvalue weighted by Gasteiger charge is 2.31. The Morgan fingerprint density at radius 2 is 2.21 bits per heavy atom. The fourth-order valence-electron chi connectivity index (χ4n) is 1.47. The fourth-order valence-corrected chi connectivity index (χ4v) is 1.47. The number of rotatable bonds is 4. The van der Waals surface area contributed by atoms with Gasteiger partial charge in [0.1, 0.15) is 18.0 Å². The third kappa shape index (κ3) is 4.39. The van der Waals surface area contributed by atoms with E-state index in [0.717, 1.165) is 6.42 Å². The molecule has 0 saturated heterocycles. The van der Waals surface area contributed by atoms with Crippen LogP contribution in [0.25, 0.3) is 0 Å². The van der Waals surface area contributed by atoms with Crippen molar-refractivity contribution in [3.05, 3.63) is 11.8 Å². The Balaban J connectivity index is 2.53. The number of hydrogen-bond acceptors (Lipinski definition) is 6. The van der Waals surface area contributed by atoms with Crippen LogP contribution >= 0.6 is 0 Å². The molecule has 0 bridgehead atoms. The topological polar surface area (TPSA) is 77.0 Å². The average Bonchev–Trinajstić information content (AvgIpc) is 2.37. The smallest absolute Gasteiger partial charge is 0.428 e. The fraction of sp³-hybridized carbons (Fsp3) is 0.615. The summed E-state index contributed by atoms with van der Waals surface area (Å²) in [5.74, 6) is -0.606. The van der Waals surface area contributed by atoms with Crippen LogP contribution in [0, 0.1) is 5.92 Å². The van der Waals surface area contributed by atoms with Crippen molar-refractivity contribution in [2.45, 2.75) is 39.7 Å². The summed E-state index contributed by atoms with van der Waals surface area (Å²) >= 11 is 0. The molecule has 1 aliphatic rings. The molecule has 0 spiro atoms. The highest BCUT2D eigenvalue weighted by molar-refractivity contribution is 5.97. The van der Waals surface area contributed by atoms with Crippen LogP contribution in [0.3, 0.4) is 0 Å². The molecule has 0 radical (unpaired) electrons. The van der Waals surface area contributed by atoms with Crippen LogP contribution < -0.4 is 5.32 Å². The van der Waals surface area contributed by atoms with Gasteiger partial charge in [-0.25, -0.2) is 9.59 Å². The molecule has 0 aromatic heterocycles. The van der Waals surface area contributed by atoms with Crippen LogP contribution in [0.2, 0.25) is 0 Å². The van der Waals surface area contributed by atoms with Crippen molar-refractivity contribution in [2.75, 3.05) is 6.67 Å². The highest BCUT2D eigenvalue weighted by atomic mass is 16.7. The molecule has 6 nitrogen and oxygen atoms in total. The maximum Gasteiger partial charge on any atom is 0.516 e. The zero-order valence-electron chi connectivity index (χ0n) is 11.7. The van der Waals surface area contributed by atoms with Crippen LogP contribution in [-0.4, -0.2) is 30.6 Å². The second-order valence-corrected chi connectivity index (χ2v) is 4.90. The van der Waals surface area contributed by atoms with Gasteiger partial charge >= 0.3 is 12.1 Å². The Labute approximate surface area is 112 Å². The predicted molar refractivity (Wildman–Crippen MR) is 70.7 cm³/mol. The molecule has 106 valence electrons. The zero-order chi connectivity index (χ0) is 14.5. The van der Waals surface area contributed by atoms with E-state index >= 15 is 0 Å². The van der Waals surface area contributed by atoms with E-state index in [0.29, 0.717) is 0 Å². The normalized spacial score (nSPS) is 16.1. The van der Waals surface area contributed by atoms with Crippen LogP contribution in [-0.2, 0) is 14.3 Å². The molecule has 0 aromatic rings. The third-order valence-electron chi connectivity index (χ3n) is 3.25. The van der Waals surface area contributed by atoms with Gasteiger partial charge in [0.15, 0.2) is 0 Å². The van der Waals surface area contributed by atoms with E-state index in [-0.39, 0.29) is 18.3 Å². The minimum Gasteiger partial charge on any atom is -0.428 e. The van der Waals surface area contributed by atoms with Crippen LogP contribution in [0.4, 0.5) is 4.79 Å². The number of ether oxygens (including phenoxy) is 2. The van der Waals surface area contributed by atoms with E-state index in [1.165, 1.54) is 12.3 Å². The van der Waals surface area contributed by atoms with E-state index < -0.39 is 17.7 Å². The Hall–Kier alpha value is -1.85. The lowest BCUT2D eigenvalue weighted by atomic mass is 9.90. The van der Waals surface area contributed by atoms with E-state index in [1.54, 1.807) is 13.8 Å². The number of hydrogen-bond donors (Lipinski definition) is 1. The molecule has 0 fully saturated rings. The Morgan fingerprint density at radius 3 is 2.74 bits per heavy atom. The largest absolute Gasteiger partial charge is 0.516 e. The molecule has 0 amide bonds. The molecule has 1 aliphatic heterocycles. The second kappa shape index (κ2) is 6.36. The van der Waals surface area contributed by atoms with Crippen molar-refractivity contribution < 1.29 is 19.1 Å². The summed E-state index contributed by atoms with van der Waals surface area (Å²) in [7, 11) is 0. The van der Waals surface area contributed by atoms with Crippen molar-refractivity contribution in [1.82, 2.24) is 5.32 Å². The number of nitrogens with zero attached hydrogens (tertiary/aromatic N) is 1. The first-order chi connectivity index (χ1) is 8.86. The molecule has 1 N–H and O–H groups in total. The maximum atomic E-state index is 11.6. The minimum atomic E-state index is -0.986. The molecule has 0 saturated carbocycles. The van der Waals surface area contributed by atoms with Crippen molar-refractivity contribution in [1.29, 1.82) is 0 Å². The maximum absolute atomic E-state index is 11.6. The molecule has 1 atom stereocenters. The van der Waals surface area contributed by atoms with Gasteiger partial charge < -0.3 is 14.8 Å². The summed E-state index contributed by atoms with van der Waals surface area (Å²) in [5.41, 5.74) is -0.490. The molecule has 1 heterocycles. The van der Waals surface area contributed by atoms with Gasteiger partial charge in [-0.2, -0.15) is 0 Å². The summed E-state index contributed by atoms with van der Waals surface area (Å²) in [4.78, 5) is 27.0. The molecule has 1 unspecified atom stereocenters. The monoisotopic (exact) mass is 268 g/mol. The SMILES string of the molecule is CCC(C)C(C)(C)OC(=O)OC(=O)C1=CC=NCN1. The lowest BCUT2D eigenvalue weighted by Gasteiger charge is -2.30. The first-order valence-corrected chi connectivity index (χ1v) is 6.26. The third-order valence-corrected chi connectivity index (χ3v) is 3.25. The van der Waals surface area contributed by atoms with Gasteiger partial charge in [-0.15, -0.1) is 0 Å². The van der Waals surface area contributed by atoms with Crippen molar-refractivity contribution >= 4 is 18.3 Å². The summed E-state index contributed by atoms with van der Waals surface area (Å²) in [6.07, 6.45) is 2.79. The minimum absolute atomic E-state index is 0.161. The highest BCUT2D eigenvalue weighted by Crippen LogP contribution is 2.24. The van der Waals surface area contributed by atoms with E-state index in [1.807, 2.05) is 13.8 Å². The molecule has 1 rings (SSSR count). The van der Waals surface area contributed by atoms with Gasteiger partial charge in [-0.05, 0) is 32.3 Å².